The molecule has 23 heavy (non-hydrogen) atoms. The second-order valence-corrected chi connectivity index (χ2v) is 8.17. The van der Waals surface area contributed by atoms with Gasteiger partial charge in [0.2, 0.25) is 10.0 Å². The van der Waals surface area contributed by atoms with E-state index in [1.165, 1.54) is 6.26 Å². The first-order chi connectivity index (χ1) is 10.9. The predicted molar refractivity (Wildman–Crippen MR) is 89.3 cm³/mol. The number of aromatic nitrogens is 3. The second-order valence-electron chi connectivity index (χ2n) is 6.18. The summed E-state index contributed by atoms with van der Waals surface area (Å²) in [4.78, 5) is 4.52. The molecule has 0 unspecified atom stereocenters. The molecular formula is C16H22N4O2S. The first-order valence-electron chi connectivity index (χ1n) is 7.82. The summed E-state index contributed by atoms with van der Waals surface area (Å²) in [6.07, 6.45) is 7.64. The Kier molecular flexibility index (Phi) is 4.50. The van der Waals surface area contributed by atoms with Crippen LogP contribution < -0.4 is 0 Å². The fourth-order valence-electron chi connectivity index (χ4n) is 3.25. The van der Waals surface area contributed by atoms with Crippen LogP contribution in [0.1, 0.15) is 18.4 Å². The van der Waals surface area contributed by atoms with E-state index >= 15 is 0 Å². The molecule has 0 amide bonds. The van der Waals surface area contributed by atoms with Gasteiger partial charge in [0.25, 0.3) is 0 Å². The Bertz CT molecular complexity index is 785. The van der Waals surface area contributed by atoms with Crippen LogP contribution in [-0.4, -0.2) is 46.8 Å². The average molecular weight is 334 g/mol. The summed E-state index contributed by atoms with van der Waals surface area (Å²) in [6.45, 7) is 1.23. The Morgan fingerprint density at radius 3 is 2.83 bits per heavy atom. The minimum absolute atomic E-state index is 0.328. The van der Waals surface area contributed by atoms with Gasteiger partial charge in [-0.15, -0.1) is 0 Å². The molecule has 3 heterocycles. The lowest BCUT2D eigenvalue weighted by Gasteiger charge is -2.31. The molecule has 0 radical (unpaired) electrons. The van der Waals surface area contributed by atoms with E-state index in [1.807, 2.05) is 23.9 Å². The standard InChI is InChI=1S/C16H22N4O2S/c1-19-15(7-9-18-19)16-14(6-3-8-17-16)11-13-5-4-10-20(12-13)23(2,21)22/h3,6-9,13H,4-5,10-12H2,1-2H3/t13-/m1/s1. The van der Waals surface area contributed by atoms with Crippen molar-refractivity contribution in [3.63, 3.8) is 0 Å². The van der Waals surface area contributed by atoms with Crippen LogP contribution in [0.3, 0.4) is 0 Å². The Morgan fingerprint density at radius 1 is 1.30 bits per heavy atom. The maximum atomic E-state index is 11.8. The van der Waals surface area contributed by atoms with Gasteiger partial charge < -0.3 is 0 Å². The number of piperidine rings is 1. The molecule has 3 rings (SSSR count). The molecule has 7 heteroatoms. The second kappa shape index (κ2) is 6.41. The fourth-order valence-corrected chi connectivity index (χ4v) is 4.19. The number of hydrogen-bond donors (Lipinski definition) is 0. The van der Waals surface area contributed by atoms with Crippen molar-refractivity contribution < 1.29 is 8.42 Å². The summed E-state index contributed by atoms with van der Waals surface area (Å²) >= 11 is 0. The van der Waals surface area contributed by atoms with Gasteiger partial charge in [0.15, 0.2) is 0 Å². The highest BCUT2D eigenvalue weighted by Crippen LogP contribution is 2.27. The molecule has 1 fully saturated rings. The minimum atomic E-state index is -3.11. The predicted octanol–water partition coefficient (Wildman–Crippen LogP) is 1.70. The highest BCUT2D eigenvalue weighted by Gasteiger charge is 2.26. The number of sulfonamides is 1. The van der Waals surface area contributed by atoms with Crippen molar-refractivity contribution in [1.29, 1.82) is 0 Å². The van der Waals surface area contributed by atoms with Crippen LogP contribution >= 0.6 is 0 Å². The van der Waals surface area contributed by atoms with Gasteiger partial charge in [-0.1, -0.05) is 6.07 Å². The third kappa shape index (κ3) is 3.61. The van der Waals surface area contributed by atoms with Gasteiger partial charge in [0, 0.05) is 32.5 Å². The largest absolute Gasteiger partial charge is 0.266 e. The number of rotatable bonds is 4. The molecule has 0 bridgehead atoms. The summed E-state index contributed by atoms with van der Waals surface area (Å²) in [5.41, 5.74) is 3.07. The van der Waals surface area contributed by atoms with E-state index in [0.717, 1.165) is 36.2 Å². The van der Waals surface area contributed by atoms with Crippen LogP contribution in [0.25, 0.3) is 11.4 Å². The van der Waals surface area contributed by atoms with E-state index in [1.54, 1.807) is 16.7 Å². The minimum Gasteiger partial charge on any atom is -0.266 e. The fraction of sp³-hybridized carbons (Fsp3) is 0.500. The van der Waals surface area contributed by atoms with Gasteiger partial charge in [-0.25, -0.2) is 12.7 Å². The lowest BCUT2D eigenvalue weighted by molar-refractivity contribution is 0.267. The topological polar surface area (TPSA) is 68.1 Å². The van der Waals surface area contributed by atoms with Crippen LogP contribution in [0.4, 0.5) is 0 Å². The van der Waals surface area contributed by atoms with Crippen LogP contribution in [-0.2, 0) is 23.5 Å². The maximum absolute atomic E-state index is 11.8. The van der Waals surface area contributed by atoms with Gasteiger partial charge in [-0.2, -0.15) is 5.10 Å². The number of nitrogens with zero attached hydrogens (tertiary/aromatic N) is 4. The van der Waals surface area contributed by atoms with Crippen molar-refractivity contribution in [2.75, 3.05) is 19.3 Å². The summed E-state index contributed by atoms with van der Waals surface area (Å²) in [6, 6.07) is 5.97. The molecule has 0 aromatic carbocycles. The first-order valence-corrected chi connectivity index (χ1v) is 9.67. The summed E-state index contributed by atoms with van der Waals surface area (Å²) in [5.74, 6) is 0.328. The van der Waals surface area contributed by atoms with Crippen LogP contribution in [0.5, 0.6) is 0 Å². The molecule has 0 aliphatic carbocycles. The van der Waals surface area contributed by atoms with Crippen LogP contribution in [0.15, 0.2) is 30.6 Å². The van der Waals surface area contributed by atoms with Crippen molar-refractivity contribution in [1.82, 2.24) is 19.1 Å². The summed E-state index contributed by atoms with van der Waals surface area (Å²) < 4.78 is 27.0. The molecule has 2 aromatic heterocycles. The van der Waals surface area contributed by atoms with Gasteiger partial charge in [0.05, 0.1) is 17.6 Å². The Labute approximate surface area is 137 Å². The average Bonchev–Trinajstić information content (AvgIpc) is 2.93. The molecule has 0 N–H and O–H groups in total. The van der Waals surface area contributed by atoms with Crippen LogP contribution in [0, 0.1) is 5.92 Å². The molecule has 2 aromatic rings. The highest BCUT2D eigenvalue weighted by molar-refractivity contribution is 7.88. The number of hydrogen-bond acceptors (Lipinski definition) is 4. The zero-order chi connectivity index (χ0) is 16.4. The third-order valence-corrected chi connectivity index (χ3v) is 5.68. The zero-order valence-electron chi connectivity index (χ0n) is 13.5. The van der Waals surface area contributed by atoms with E-state index < -0.39 is 10.0 Å². The van der Waals surface area contributed by atoms with E-state index in [-0.39, 0.29) is 0 Å². The van der Waals surface area contributed by atoms with E-state index in [2.05, 4.69) is 16.1 Å². The Morgan fingerprint density at radius 2 is 2.13 bits per heavy atom. The van der Waals surface area contributed by atoms with Gasteiger partial charge in [-0.05, 0) is 42.9 Å². The quantitative estimate of drug-likeness (QED) is 0.853. The smallest absolute Gasteiger partial charge is 0.211 e. The molecule has 1 aliphatic rings. The lowest BCUT2D eigenvalue weighted by atomic mass is 9.91. The van der Waals surface area contributed by atoms with E-state index in [9.17, 15) is 8.42 Å². The summed E-state index contributed by atoms with van der Waals surface area (Å²) in [5, 5.41) is 4.21. The SMILES string of the molecule is Cn1nccc1-c1ncccc1C[C@H]1CCCN(S(C)(=O)=O)C1. The van der Waals surface area contributed by atoms with Gasteiger partial charge in [0.1, 0.15) is 0 Å². The molecule has 0 spiro atoms. The molecular weight excluding hydrogens is 312 g/mol. The number of pyridine rings is 1. The summed E-state index contributed by atoms with van der Waals surface area (Å²) in [7, 11) is -1.20. The third-order valence-electron chi connectivity index (χ3n) is 4.41. The molecule has 124 valence electrons. The Balaban J connectivity index is 1.82. The highest BCUT2D eigenvalue weighted by atomic mass is 32.2. The normalized spacial score (nSPS) is 19.8. The van der Waals surface area contributed by atoms with Crippen molar-refractivity contribution in [2.24, 2.45) is 13.0 Å². The maximum Gasteiger partial charge on any atom is 0.211 e. The number of aryl methyl sites for hydroxylation is 1. The van der Waals surface area contributed by atoms with Gasteiger partial charge in [-0.3, -0.25) is 9.67 Å². The van der Waals surface area contributed by atoms with Crippen molar-refractivity contribution in [3.05, 3.63) is 36.2 Å². The zero-order valence-corrected chi connectivity index (χ0v) is 14.3. The van der Waals surface area contributed by atoms with Crippen molar-refractivity contribution in [3.8, 4) is 11.4 Å². The van der Waals surface area contributed by atoms with E-state index in [0.29, 0.717) is 19.0 Å². The monoisotopic (exact) mass is 334 g/mol. The van der Waals surface area contributed by atoms with E-state index in [4.69, 9.17) is 0 Å². The first kappa shape index (κ1) is 16.1. The molecule has 1 aliphatic heterocycles. The molecule has 1 saturated heterocycles. The molecule has 6 nitrogen and oxygen atoms in total. The molecule has 1 atom stereocenters. The Hall–Kier alpha value is -1.73. The van der Waals surface area contributed by atoms with Crippen molar-refractivity contribution >= 4 is 10.0 Å². The van der Waals surface area contributed by atoms with Crippen LogP contribution in [0.2, 0.25) is 0 Å². The van der Waals surface area contributed by atoms with Gasteiger partial charge >= 0.3 is 0 Å². The van der Waals surface area contributed by atoms with Crippen molar-refractivity contribution in [2.45, 2.75) is 19.3 Å². The lowest BCUT2D eigenvalue weighted by Crippen LogP contribution is -2.39. The molecule has 0 saturated carbocycles.